The second-order valence-electron chi connectivity index (χ2n) is 3.60. The highest BCUT2D eigenvalue weighted by molar-refractivity contribution is 9.10. The van der Waals surface area contributed by atoms with Gasteiger partial charge in [-0.15, -0.1) is 0 Å². The number of halogens is 1. The van der Waals surface area contributed by atoms with Crippen LogP contribution in [0.2, 0.25) is 0 Å². The van der Waals surface area contributed by atoms with E-state index in [1.165, 1.54) is 6.92 Å². The van der Waals surface area contributed by atoms with Gasteiger partial charge in [0, 0.05) is 4.47 Å². The van der Waals surface area contributed by atoms with Crippen LogP contribution in [0.25, 0.3) is 0 Å². The van der Waals surface area contributed by atoms with E-state index in [2.05, 4.69) is 20.7 Å². The second kappa shape index (κ2) is 5.16. The predicted octanol–water partition coefficient (Wildman–Crippen LogP) is 1.88. The Bertz CT molecular complexity index is 473. The Balaban J connectivity index is 3.01. The molecule has 0 aliphatic carbocycles. The highest BCUT2D eigenvalue weighted by Gasteiger charge is 2.20. The maximum absolute atomic E-state index is 11.7. The lowest BCUT2D eigenvalue weighted by Gasteiger charge is -2.14. The van der Waals surface area contributed by atoms with Crippen molar-refractivity contribution in [2.45, 2.75) is 19.1 Å². The van der Waals surface area contributed by atoms with Crippen molar-refractivity contribution in [1.82, 2.24) is 0 Å². The minimum atomic E-state index is -3.52. The highest BCUT2D eigenvalue weighted by Crippen LogP contribution is 2.22. The van der Waals surface area contributed by atoms with Gasteiger partial charge < -0.3 is 5.11 Å². The lowest BCUT2D eigenvalue weighted by molar-refractivity contribution is 0.296. The Hall–Kier alpha value is -0.590. The van der Waals surface area contributed by atoms with Gasteiger partial charge >= 0.3 is 0 Å². The van der Waals surface area contributed by atoms with E-state index < -0.39 is 21.9 Å². The van der Waals surface area contributed by atoms with Crippen LogP contribution in [0.5, 0.6) is 0 Å². The standard InChI is InChI=1S/C10H14BrNO3S/c1-7-3-4-9(11)5-10(7)12-16(14,15)8(2)6-13/h3-5,8,12-13H,6H2,1-2H3. The van der Waals surface area contributed by atoms with Gasteiger partial charge in [-0.25, -0.2) is 8.42 Å². The summed E-state index contributed by atoms with van der Waals surface area (Å²) in [6, 6.07) is 5.34. The summed E-state index contributed by atoms with van der Waals surface area (Å²) < 4.78 is 26.7. The van der Waals surface area contributed by atoms with Crippen LogP contribution in [0.3, 0.4) is 0 Å². The molecule has 16 heavy (non-hydrogen) atoms. The number of sulfonamides is 1. The van der Waals surface area contributed by atoms with Crippen molar-refractivity contribution in [1.29, 1.82) is 0 Å². The monoisotopic (exact) mass is 307 g/mol. The molecule has 0 fully saturated rings. The third-order valence-corrected chi connectivity index (χ3v) is 4.44. The summed E-state index contributed by atoms with van der Waals surface area (Å²) in [5.74, 6) is 0. The summed E-state index contributed by atoms with van der Waals surface area (Å²) in [5.41, 5.74) is 1.35. The van der Waals surface area contributed by atoms with Crippen LogP contribution >= 0.6 is 15.9 Å². The molecule has 0 aromatic heterocycles. The van der Waals surface area contributed by atoms with E-state index in [9.17, 15) is 8.42 Å². The first-order valence-electron chi connectivity index (χ1n) is 4.75. The van der Waals surface area contributed by atoms with E-state index in [4.69, 9.17) is 5.11 Å². The fourth-order valence-electron chi connectivity index (χ4n) is 1.06. The molecule has 0 amide bonds. The Morgan fingerprint density at radius 2 is 2.12 bits per heavy atom. The number of benzene rings is 1. The molecule has 0 aliphatic heterocycles. The van der Waals surface area contributed by atoms with E-state index in [1.807, 2.05) is 19.1 Å². The summed E-state index contributed by atoms with van der Waals surface area (Å²) in [6.45, 7) is 2.87. The van der Waals surface area contributed by atoms with Gasteiger partial charge in [-0.2, -0.15) is 0 Å². The Labute approximate surface area is 104 Å². The molecule has 1 aromatic rings. The SMILES string of the molecule is Cc1ccc(Br)cc1NS(=O)(=O)C(C)CO. The van der Waals surface area contributed by atoms with Crippen molar-refractivity contribution in [2.24, 2.45) is 0 Å². The van der Waals surface area contributed by atoms with E-state index in [0.29, 0.717) is 5.69 Å². The molecule has 4 nitrogen and oxygen atoms in total. The first-order valence-corrected chi connectivity index (χ1v) is 7.09. The first kappa shape index (κ1) is 13.5. The van der Waals surface area contributed by atoms with Gasteiger partial charge in [0.25, 0.3) is 0 Å². The van der Waals surface area contributed by atoms with Crippen molar-refractivity contribution in [2.75, 3.05) is 11.3 Å². The van der Waals surface area contributed by atoms with Gasteiger partial charge in [0.1, 0.15) is 5.25 Å². The zero-order valence-corrected chi connectivity index (χ0v) is 11.5. The van der Waals surface area contributed by atoms with Gasteiger partial charge in [-0.1, -0.05) is 22.0 Å². The average molecular weight is 308 g/mol. The quantitative estimate of drug-likeness (QED) is 0.892. The number of anilines is 1. The Morgan fingerprint density at radius 1 is 1.50 bits per heavy atom. The fraction of sp³-hybridized carbons (Fsp3) is 0.400. The summed E-state index contributed by atoms with van der Waals surface area (Å²) in [4.78, 5) is 0. The molecule has 0 heterocycles. The van der Waals surface area contributed by atoms with Crippen LogP contribution in [0.1, 0.15) is 12.5 Å². The van der Waals surface area contributed by atoms with Crippen molar-refractivity contribution in [3.63, 3.8) is 0 Å². The number of nitrogens with one attached hydrogen (secondary N) is 1. The minimum Gasteiger partial charge on any atom is -0.395 e. The van der Waals surface area contributed by atoms with Gasteiger partial charge in [0.05, 0.1) is 12.3 Å². The lowest BCUT2D eigenvalue weighted by Crippen LogP contribution is -2.28. The third-order valence-electron chi connectivity index (χ3n) is 2.24. The fourth-order valence-corrected chi connectivity index (χ4v) is 2.34. The molecule has 0 saturated carbocycles. The molecule has 0 bridgehead atoms. The van der Waals surface area contributed by atoms with Crippen molar-refractivity contribution in [3.8, 4) is 0 Å². The van der Waals surface area contributed by atoms with E-state index >= 15 is 0 Å². The highest BCUT2D eigenvalue weighted by atomic mass is 79.9. The van der Waals surface area contributed by atoms with Crippen LogP contribution in [0.4, 0.5) is 5.69 Å². The molecule has 1 atom stereocenters. The van der Waals surface area contributed by atoms with Crippen molar-refractivity contribution in [3.05, 3.63) is 28.2 Å². The zero-order chi connectivity index (χ0) is 12.3. The zero-order valence-electron chi connectivity index (χ0n) is 9.07. The number of aliphatic hydroxyl groups is 1. The number of hydrogen-bond donors (Lipinski definition) is 2. The molecular formula is C10H14BrNO3S. The molecule has 0 saturated heterocycles. The third kappa shape index (κ3) is 3.20. The molecule has 2 N–H and O–H groups in total. The van der Waals surface area contributed by atoms with Crippen LogP contribution in [0.15, 0.2) is 22.7 Å². The summed E-state index contributed by atoms with van der Waals surface area (Å²) >= 11 is 3.27. The van der Waals surface area contributed by atoms with Crippen LogP contribution in [0, 0.1) is 6.92 Å². The van der Waals surface area contributed by atoms with Crippen LogP contribution in [-0.4, -0.2) is 25.4 Å². The normalized spacial score (nSPS) is 13.5. The van der Waals surface area contributed by atoms with Crippen LogP contribution in [-0.2, 0) is 10.0 Å². The first-order chi connectivity index (χ1) is 7.36. The van der Waals surface area contributed by atoms with Crippen molar-refractivity contribution >= 4 is 31.6 Å². The van der Waals surface area contributed by atoms with Crippen molar-refractivity contribution < 1.29 is 13.5 Å². The largest absolute Gasteiger partial charge is 0.395 e. The molecule has 1 aromatic carbocycles. The summed E-state index contributed by atoms with van der Waals surface area (Å²) in [7, 11) is -3.52. The Morgan fingerprint density at radius 3 is 2.69 bits per heavy atom. The number of aryl methyl sites for hydroxylation is 1. The molecule has 1 unspecified atom stereocenters. The Kier molecular flexibility index (Phi) is 4.35. The number of rotatable bonds is 4. The number of aliphatic hydroxyl groups excluding tert-OH is 1. The molecule has 0 aliphatic rings. The second-order valence-corrected chi connectivity index (χ2v) is 6.61. The van der Waals surface area contributed by atoms with E-state index in [-0.39, 0.29) is 0 Å². The number of hydrogen-bond acceptors (Lipinski definition) is 3. The maximum atomic E-state index is 11.7. The minimum absolute atomic E-state index is 0.400. The molecule has 90 valence electrons. The summed E-state index contributed by atoms with van der Waals surface area (Å²) in [5, 5.41) is 8.02. The molecule has 6 heteroatoms. The molecule has 0 radical (unpaired) electrons. The van der Waals surface area contributed by atoms with Gasteiger partial charge in [0.15, 0.2) is 0 Å². The predicted molar refractivity (Wildman–Crippen MR) is 68.0 cm³/mol. The smallest absolute Gasteiger partial charge is 0.237 e. The van der Waals surface area contributed by atoms with E-state index in [0.717, 1.165) is 10.0 Å². The van der Waals surface area contributed by atoms with Gasteiger partial charge in [0.2, 0.25) is 10.0 Å². The molecular weight excluding hydrogens is 294 g/mol. The van der Waals surface area contributed by atoms with Gasteiger partial charge in [-0.05, 0) is 31.5 Å². The molecule has 1 rings (SSSR count). The average Bonchev–Trinajstić information content (AvgIpc) is 2.22. The van der Waals surface area contributed by atoms with E-state index in [1.54, 1.807) is 6.07 Å². The van der Waals surface area contributed by atoms with Gasteiger partial charge in [-0.3, -0.25) is 4.72 Å². The maximum Gasteiger partial charge on any atom is 0.237 e. The lowest BCUT2D eigenvalue weighted by atomic mass is 10.2. The summed E-state index contributed by atoms with van der Waals surface area (Å²) in [6.07, 6.45) is 0. The van der Waals surface area contributed by atoms with Crippen LogP contribution < -0.4 is 4.72 Å². The molecule has 0 spiro atoms. The topological polar surface area (TPSA) is 66.4 Å².